The van der Waals surface area contributed by atoms with Gasteiger partial charge in [0.1, 0.15) is 0 Å². The summed E-state index contributed by atoms with van der Waals surface area (Å²) in [5.74, 6) is 0. The van der Waals surface area contributed by atoms with Crippen molar-refractivity contribution in [2.75, 3.05) is 39.6 Å². The summed E-state index contributed by atoms with van der Waals surface area (Å²) in [7, 11) is 3.19. The number of aliphatic hydroxyl groups is 1. The van der Waals surface area contributed by atoms with Gasteiger partial charge in [0, 0.05) is 0 Å². The van der Waals surface area contributed by atoms with E-state index in [1.807, 2.05) is 0 Å². The van der Waals surface area contributed by atoms with Crippen LogP contribution in [0.25, 0.3) is 0 Å². The zero-order valence-electron chi connectivity index (χ0n) is 6.62. The summed E-state index contributed by atoms with van der Waals surface area (Å²) in [6.45, 7) is 2.50. The molecule has 0 aliphatic carbocycles. The SMILES string of the molecule is [CH2]OCCOCCOCCO. The molecule has 0 spiro atoms. The van der Waals surface area contributed by atoms with Gasteiger partial charge >= 0.3 is 0 Å². The molecule has 0 fully saturated rings. The summed E-state index contributed by atoms with van der Waals surface area (Å²) in [6.07, 6.45) is 0. The monoisotopic (exact) mass is 163 g/mol. The minimum Gasteiger partial charge on any atom is -0.394 e. The molecule has 1 radical (unpaired) electrons. The molecule has 0 aliphatic rings. The summed E-state index contributed by atoms with van der Waals surface area (Å²) in [5.41, 5.74) is 0. The number of hydrogen-bond acceptors (Lipinski definition) is 4. The molecule has 0 atom stereocenters. The van der Waals surface area contributed by atoms with Crippen LogP contribution in [-0.2, 0) is 14.2 Å². The van der Waals surface area contributed by atoms with Crippen LogP contribution < -0.4 is 0 Å². The van der Waals surface area contributed by atoms with Crippen LogP contribution in [0.15, 0.2) is 0 Å². The largest absolute Gasteiger partial charge is 0.394 e. The van der Waals surface area contributed by atoms with Crippen LogP contribution in [0.3, 0.4) is 0 Å². The molecular weight excluding hydrogens is 148 g/mol. The number of ether oxygens (including phenoxy) is 3. The first kappa shape index (κ1) is 10.8. The molecule has 67 valence electrons. The molecule has 0 saturated carbocycles. The quantitative estimate of drug-likeness (QED) is 0.504. The van der Waals surface area contributed by atoms with Gasteiger partial charge in [0.25, 0.3) is 0 Å². The number of aliphatic hydroxyl groups excluding tert-OH is 1. The molecule has 0 heterocycles. The molecule has 0 amide bonds. The smallest absolute Gasteiger partial charge is 0.0701 e. The maximum atomic E-state index is 8.31. The van der Waals surface area contributed by atoms with Crippen molar-refractivity contribution in [1.82, 2.24) is 0 Å². The van der Waals surface area contributed by atoms with Crippen LogP contribution in [0.5, 0.6) is 0 Å². The second-order valence-electron chi connectivity index (χ2n) is 1.86. The highest BCUT2D eigenvalue weighted by atomic mass is 16.5. The van der Waals surface area contributed by atoms with Crippen LogP contribution in [0.4, 0.5) is 0 Å². The van der Waals surface area contributed by atoms with Gasteiger partial charge in [-0.05, 0) is 0 Å². The van der Waals surface area contributed by atoms with E-state index in [1.54, 1.807) is 0 Å². The highest BCUT2D eigenvalue weighted by Crippen LogP contribution is 1.78. The molecule has 0 bridgehead atoms. The Kier molecular flexibility index (Phi) is 9.70. The van der Waals surface area contributed by atoms with Gasteiger partial charge in [-0.1, -0.05) is 0 Å². The molecule has 0 unspecified atom stereocenters. The Balaban J connectivity index is 2.69. The fraction of sp³-hybridized carbons (Fsp3) is 0.857. The van der Waals surface area contributed by atoms with Gasteiger partial charge in [0.15, 0.2) is 0 Å². The van der Waals surface area contributed by atoms with Gasteiger partial charge in [-0.2, -0.15) is 0 Å². The van der Waals surface area contributed by atoms with E-state index >= 15 is 0 Å². The third kappa shape index (κ3) is 9.84. The number of rotatable bonds is 8. The van der Waals surface area contributed by atoms with Crippen molar-refractivity contribution in [2.24, 2.45) is 0 Å². The lowest BCUT2D eigenvalue weighted by molar-refractivity contribution is 0.0197. The van der Waals surface area contributed by atoms with E-state index in [0.29, 0.717) is 33.0 Å². The van der Waals surface area contributed by atoms with Crippen LogP contribution in [0, 0.1) is 7.11 Å². The molecule has 0 aromatic heterocycles. The van der Waals surface area contributed by atoms with Crippen molar-refractivity contribution < 1.29 is 19.3 Å². The molecule has 0 aliphatic heterocycles. The maximum absolute atomic E-state index is 8.31. The second-order valence-corrected chi connectivity index (χ2v) is 1.86. The summed E-state index contributed by atoms with van der Waals surface area (Å²) < 4.78 is 14.5. The second kappa shape index (κ2) is 9.84. The zero-order chi connectivity index (χ0) is 8.36. The van der Waals surface area contributed by atoms with Gasteiger partial charge in [-0.15, -0.1) is 0 Å². The molecule has 4 nitrogen and oxygen atoms in total. The fourth-order valence-electron chi connectivity index (χ4n) is 0.504. The lowest BCUT2D eigenvalue weighted by atomic mass is 10.7. The third-order valence-electron chi connectivity index (χ3n) is 0.980. The Morgan fingerprint density at radius 1 is 0.909 bits per heavy atom. The average molecular weight is 163 g/mol. The standard InChI is InChI=1S/C7H15O4/c1-9-4-5-11-7-6-10-3-2-8/h8H,1-7H2. The van der Waals surface area contributed by atoms with E-state index in [2.05, 4.69) is 11.8 Å². The molecule has 4 heteroatoms. The summed E-state index contributed by atoms with van der Waals surface area (Å²) in [4.78, 5) is 0. The molecule has 0 saturated heterocycles. The first-order valence-electron chi connectivity index (χ1n) is 3.55. The first-order valence-corrected chi connectivity index (χ1v) is 3.55. The summed E-state index contributed by atoms with van der Waals surface area (Å²) >= 11 is 0. The van der Waals surface area contributed by atoms with Crippen LogP contribution in [0.1, 0.15) is 0 Å². The van der Waals surface area contributed by atoms with Crippen molar-refractivity contribution in [3.8, 4) is 0 Å². The average Bonchev–Trinajstić information content (AvgIpc) is 2.03. The highest BCUT2D eigenvalue weighted by Gasteiger charge is 1.87. The summed E-state index contributed by atoms with van der Waals surface area (Å²) in [5, 5.41) is 8.31. The molecule has 0 aromatic carbocycles. The predicted molar refractivity (Wildman–Crippen MR) is 40.0 cm³/mol. The Hall–Kier alpha value is -0.160. The van der Waals surface area contributed by atoms with E-state index in [0.717, 1.165) is 0 Å². The Bertz CT molecular complexity index is 59.5. The Morgan fingerprint density at radius 2 is 1.45 bits per heavy atom. The molecule has 11 heavy (non-hydrogen) atoms. The van der Waals surface area contributed by atoms with Gasteiger partial charge in [-0.25, -0.2) is 0 Å². The van der Waals surface area contributed by atoms with Crippen molar-refractivity contribution in [1.29, 1.82) is 0 Å². The van der Waals surface area contributed by atoms with Crippen molar-refractivity contribution in [3.63, 3.8) is 0 Å². The topological polar surface area (TPSA) is 47.9 Å². The van der Waals surface area contributed by atoms with Crippen LogP contribution >= 0.6 is 0 Å². The number of hydrogen-bond donors (Lipinski definition) is 1. The normalized spacial score (nSPS) is 10.4. The van der Waals surface area contributed by atoms with Crippen molar-refractivity contribution in [2.45, 2.75) is 0 Å². The Labute approximate surface area is 67.1 Å². The minimum absolute atomic E-state index is 0.0575. The Morgan fingerprint density at radius 3 is 2.00 bits per heavy atom. The van der Waals surface area contributed by atoms with Gasteiger partial charge < -0.3 is 19.3 Å². The first-order chi connectivity index (χ1) is 5.41. The fourth-order valence-corrected chi connectivity index (χ4v) is 0.504. The van der Waals surface area contributed by atoms with Gasteiger partial charge in [0.2, 0.25) is 0 Å². The van der Waals surface area contributed by atoms with E-state index in [-0.39, 0.29) is 6.61 Å². The van der Waals surface area contributed by atoms with E-state index in [4.69, 9.17) is 14.6 Å². The molecule has 1 N–H and O–H groups in total. The molecular formula is C7H15O4. The minimum atomic E-state index is 0.0575. The summed E-state index contributed by atoms with van der Waals surface area (Å²) in [6, 6.07) is 0. The van der Waals surface area contributed by atoms with Gasteiger partial charge in [0.05, 0.1) is 46.8 Å². The molecule has 0 aromatic rings. The van der Waals surface area contributed by atoms with Crippen LogP contribution in [-0.4, -0.2) is 44.7 Å². The lowest BCUT2D eigenvalue weighted by Gasteiger charge is -2.03. The van der Waals surface area contributed by atoms with Crippen molar-refractivity contribution in [3.05, 3.63) is 7.11 Å². The lowest BCUT2D eigenvalue weighted by Crippen LogP contribution is -2.09. The van der Waals surface area contributed by atoms with E-state index < -0.39 is 0 Å². The van der Waals surface area contributed by atoms with Crippen LogP contribution in [0.2, 0.25) is 0 Å². The van der Waals surface area contributed by atoms with Crippen molar-refractivity contribution >= 4 is 0 Å². The van der Waals surface area contributed by atoms with Gasteiger partial charge in [-0.3, -0.25) is 0 Å². The third-order valence-corrected chi connectivity index (χ3v) is 0.980. The zero-order valence-corrected chi connectivity index (χ0v) is 6.62. The highest BCUT2D eigenvalue weighted by molar-refractivity contribution is 4.31. The predicted octanol–water partition coefficient (Wildman–Crippen LogP) is -0.180. The maximum Gasteiger partial charge on any atom is 0.0701 e. The molecule has 0 rings (SSSR count). The van der Waals surface area contributed by atoms with E-state index in [1.165, 1.54) is 0 Å². The van der Waals surface area contributed by atoms with E-state index in [9.17, 15) is 0 Å².